The number of aliphatic hydroxyl groups is 5. The molecule has 5 N–H and O–H groups in total. The summed E-state index contributed by atoms with van der Waals surface area (Å²) in [6.45, 7) is 1.46. The smallest absolute Gasteiger partial charge is 0.111 e. The van der Waals surface area contributed by atoms with Crippen LogP contribution in [0.3, 0.4) is 0 Å². The normalized spacial score (nSPS) is 32.7. The topological polar surface area (TPSA) is 150 Å². The molecule has 2 aliphatic rings. The second-order valence-corrected chi connectivity index (χ2v) is 9.17. The van der Waals surface area contributed by atoms with Crippen LogP contribution in [0.5, 0.6) is 0 Å². The van der Waals surface area contributed by atoms with E-state index in [9.17, 15) is 25.5 Å². The lowest BCUT2D eigenvalue weighted by molar-refractivity contribution is -0.230. The van der Waals surface area contributed by atoms with Crippen molar-refractivity contribution in [2.45, 2.75) is 108 Å². The summed E-state index contributed by atoms with van der Waals surface area (Å²) in [5.41, 5.74) is 0.812. The highest BCUT2D eigenvalue weighted by Crippen LogP contribution is 2.28. The van der Waals surface area contributed by atoms with Crippen LogP contribution in [0, 0.1) is 5.92 Å². The lowest BCUT2D eigenvalue weighted by atomic mass is 9.82. The molecule has 2 fully saturated rings. The van der Waals surface area contributed by atoms with E-state index < -0.39 is 30.5 Å². The summed E-state index contributed by atoms with van der Waals surface area (Å²) in [6, 6.07) is 0. The summed E-state index contributed by atoms with van der Waals surface area (Å²) < 4.78 is 13.0. The number of nitrogens with zero attached hydrogens (tertiary/aromatic N) is 3. The molecule has 10 heteroatoms. The summed E-state index contributed by atoms with van der Waals surface area (Å²) in [6.07, 6.45) is 5.18. The van der Waals surface area contributed by atoms with Gasteiger partial charge in [0, 0.05) is 19.1 Å². The monoisotopic (exact) mass is 457 g/mol. The first-order valence-electron chi connectivity index (χ1n) is 11.9. The highest BCUT2D eigenvalue weighted by molar-refractivity contribution is 4.92. The minimum Gasteiger partial charge on any atom is -0.394 e. The zero-order valence-electron chi connectivity index (χ0n) is 18.7. The lowest BCUT2D eigenvalue weighted by Crippen LogP contribution is -2.58. The highest BCUT2D eigenvalue weighted by Gasteiger charge is 2.42. The molecule has 1 saturated carbocycles. The number of aliphatic hydroxyl groups excluding tert-OH is 5. The van der Waals surface area contributed by atoms with Gasteiger partial charge in [0.05, 0.1) is 31.6 Å². The van der Waals surface area contributed by atoms with E-state index in [1.807, 2.05) is 6.20 Å². The van der Waals surface area contributed by atoms with Crippen molar-refractivity contribution in [2.75, 3.05) is 13.2 Å². The van der Waals surface area contributed by atoms with Crippen LogP contribution < -0.4 is 0 Å². The average molecular weight is 458 g/mol. The van der Waals surface area contributed by atoms with Gasteiger partial charge in [-0.1, -0.05) is 37.3 Å². The van der Waals surface area contributed by atoms with E-state index in [2.05, 4.69) is 10.3 Å². The van der Waals surface area contributed by atoms with Crippen molar-refractivity contribution in [3.8, 4) is 0 Å². The first kappa shape index (κ1) is 25.5. The predicted molar refractivity (Wildman–Crippen MR) is 114 cm³/mol. The number of ether oxygens (including phenoxy) is 2. The molecule has 1 aromatic rings. The van der Waals surface area contributed by atoms with Gasteiger partial charge in [0.2, 0.25) is 0 Å². The Balaban J connectivity index is 1.16. The summed E-state index contributed by atoms with van der Waals surface area (Å²) in [5.74, 6) is 0.294. The number of rotatable bonds is 14. The molecule has 32 heavy (non-hydrogen) atoms. The van der Waals surface area contributed by atoms with Gasteiger partial charge in [0.25, 0.3) is 0 Å². The van der Waals surface area contributed by atoms with Crippen molar-refractivity contribution in [3.05, 3.63) is 11.9 Å². The third-order valence-corrected chi connectivity index (χ3v) is 6.65. The van der Waals surface area contributed by atoms with E-state index in [1.165, 1.54) is 0 Å². The molecule has 7 atom stereocenters. The minimum atomic E-state index is -1.29. The molecule has 184 valence electrons. The minimum absolute atomic E-state index is 0.202. The van der Waals surface area contributed by atoms with E-state index in [0.29, 0.717) is 32.1 Å². The largest absolute Gasteiger partial charge is 0.394 e. The molecule has 1 aliphatic carbocycles. The Morgan fingerprint density at radius 2 is 1.66 bits per heavy atom. The van der Waals surface area contributed by atoms with Crippen LogP contribution in [0.25, 0.3) is 0 Å². The molecular weight excluding hydrogens is 418 g/mol. The zero-order valence-corrected chi connectivity index (χ0v) is 18.7. The molecule has 1 saturated heterocycles. The fraction of sp³-hybridized carbons (Fsp3) is 0.909. The van der Waals surface area contributed by atoms with Gasteiger partial charge >= 0.3 is 0 Å². The number of unbranched alkanes of at least 4 members (excludes halogenated alkanes) is 5. The van der Waals surface area contributed by atoms with Gasteiger partial charge in [-0.15, -0.1) is 5.10 Å². The summed E-state index contributed by atoms with van der Waals surface area (Å²) in [7, 11) is 0. The van der Waals surface area contributed by atoms with E-state index in [1.54, 1.807) is 4.68 Å². The number of hydrogen-bond donors (Lipinski definition) is 5. The van der Waals surface area contributed by atoms with Crippen molar-refractivity contribution in [1.82, 2.24) is 15.0 Å². The Labute approximate surface area is 189 Å². The van der Waals surface area contributed by atoms with Crippen molar-refractivity contribution >= 4 is 0 Å². The molecule has 0 bridgehead atoms. The van der Waals surface area contributed by atoms with Crippen LogP contribution in [0.4, 0.5) is 0 Å². The first-order valence-corrected chi connectivity index (χ1v) is 11.9. The van der Waals surface area contributed by atoms with Gasteiger partial charge in [-0.3, -0.25) is 4.68 Å². The van der Waals surface area contributed by atoms with Crippen LogP contribution in [0.1, 0.15) is 63.5 Å². The Bertz CT molecular complexity index is 659. The van der Waals surface area contributed by atoms with E-state index in [0.717, 1.165) is 57.1 Å². The van der Waals surface area contributed by atoms with Crippen molar-refractivity contribution in [3.63, 3.8) is 0 Å². The van der Waals surface area contributed by atoms with Crippen molar-refractivity contribution in [1.29, 1.82) is 0 Å². The molecule has 2 heterocycles. The molecule has 0 aromatic carbocycles. The molecule has 10 nitrogen and oxygen atoms in total. The standard InChI is InChI=1S/C22H39N3O7/c26-13-19-21(29)22(30)20(28)18(32-19)7-5-3-1-2-4-6-10-31-14-16-12-25(24-23-16)11-15-8-9-17(15)27/h12,15,17-22,26-30H,1-11,13-14H2. The van der Waals surface area contributed by atoms with Crippen LogP contribution in [-0.4, -0.2) is 90.4 Å². The maximum absolute atomic E-state index is 10.0. The van der Waals surface area contributed by atoms with Gasteiger partial charge in [0.1, 0.15) is 30.1 Å². The summed E-state index contributed by atoms with van der Waals surface area (Å²) in [5, 5.41) is 56.8. The van der Waals surface area contributed by atoms with Gasteiger partial charge < -0.3 is 35.0 Å². The van der Waals surface area contributed by atoms with Gasteiger partial charge in [-0.25, -0.2) is 0 Å². The zero-order chi connectivity index (χ0) is 22.9. The van der Waals surface area contributed by atoms with Gasteiger partial charge in [-0.2, -0.15) is 0 Å². The average Bonchev–Trinajstić information content (AvgIpc) is 3.25. The fourth-order valence-corrected chi connectivity index (χ4v) is 4.35. The second-order valence-electron chi connectivity index (χ2n) is 9.17. The molecule has 1 aromatic heterocycles. The molecule has 0 radical (unpaired) electrons. The van der Waals surface area contributed by atoms with Crippen molar-refractivity contribution < 1.29 is 35.0 Å². The van der Waals surface area contributed by atoms with E-state index in [-0.39, 0.29) is 12.7 Å². The number of aromatic nitrogens is 3. The predicted octanol–water partition coefficient (Wildman–Crippen LogP) is 0.139. The lowest BCUT2D eigenvalue weighted by Gasteiger charge is -2.40. The second kappa shape index (κ2) is 12.9. The fourth-order valence-electron chi connectivity index (χ4n) is 4.35. The Kier molecular flexibility index (Phi) is 10.3. The Hall–Kier alpha value is -1.14. The molecular formula is C22H39N3O7. The first-order chi connectivity index (χ1) is 15.5. The van der Waals surface area contributed by atoms with Gasteiger partial charge in [0.15, 0.2) is 0 Å². The number of hydrogen-bond acceptors (Lipinski definition) is 9. The molecule has 7 unspecified atom stereocenters. The van der Waals surface area contributed by atoms with Crippen molar-refractivity contribution in [2.24, 2.45) is 5.92 Å². The Morgan fingerprint density at radius 3 is 2.34 bits per heavy atom. The molecule has 0 spiro atoms. The third-order valence-electron chi connectivity index (χ3n) is 6.65. The quantitative estimate of drug-likeness (QED) is 0.246. The molecule has 3 rings (SSSR count). The molecule has 1 aliphatic heterocycles. The van der Waals surface area contributed by atoms with Crippen LogP contribution in [0.2, 0.25) is 0 Å². The van der Waals surface area contributed by atoms with Crippen LogP contribution in [-0.2, 0) is 22.6 Å². The summed E-state index contributed by atoms with van der Waals surface area (Å²) >= 11 is 0. The van der Waals surface area contributed by atoms with Crippen LogP contribution >= 0.6 is 0 Å². The van der Waals surface area contributed by atoms with E-state index in [4.69, 9.17) is 9.47 Å². The van der Waals surface area contributed by atoms with Gasteiger partial charge in [-0.05, 0) is 25.7 Å². The maximum Gasteiger partial charge on any atom is 0.111 e. The maximum atomic E-state index is 10.0. The highest BCUT2D eigenvalue weighted by atomic mass is 16.5. The SMILES string of the molecule is OCC1OC(CCCCCCCCOCc2cn(CC3CCC3O)nn2)C(O)C(O)C1O. The summed E-state index contributed by atoms with van der Waals surface area (Å²) in [4.78, 5) is 0. The van der Waals surface area contributed by atoms with E-state index >= 15 is 0 Å². The third kappa shape index (κ3) is 7.18. The Morgan fingerprint density at radius 1 is 0.938 bits per heavy atom. The molecule has 0 amide bonds. The van der Waals surface area contributed by atoms with Crippen LogP contribution in [0.15, 0.2) is 6.20 Å².